The van der Waals surface area contributed by atoms with E-state index in [0.29, 0.717) is 18.4 Å². The van der Waals surface area contributed by atoms with E-state index in [0.717, 1.165) is 0 Å². The summed E-state index contributed by atoms with van der Waals surface area (Å²) in [5, 5.41) is 31.6. The summed E-state index contributed by atoms with van der Waals surface area (Å²) in [6.07, 6.45) is 4.38. The van der Waals surface area contributed by atoms with E-state index in [4.69, 9.17) is 0 Å². The first-order valence-electron chi connectivity index (χ1n) is 10.1. The SMILES string of the molecule is CC1(O)C[C@H]2[C@@H]3CCC4=CC(=O)C=C[C@]4(C)[C@@]3(F)C(O)C[C@]2(C)[C@H]1C(=O)CO. The number of ketones is 2. The zero-order valence-corrected chi connectivity index (χ0v) is 16.6. The summed E-state index contributed by atoms with van der Waals surface area (Å²) in [5.74, 6) is -2.33. The molecule has 0 aromatic heterocycles. The smallest absolute Gasteiger partial charge is 0.178 e. The second kappa shape index (κ2) is 5.83. The number of carbonyl (C=O) groups excluding carboxylic acids is 2. The molecule has 5 nitrogen and oxygen atoms in total. The number of carbonyl (C=O) groups is 2. The Morgan fingerprint density at radius 1 is 1.25 bits per heavy atom. The van der Waals surface area contributed by atoms with Crippen LogP contribution in [0.5, 0.6) is 0 Å². The number of hydrogen-bond donors (Lipinski definition) is 3. The van der Waals surface area contributed by atoms with Crippen molar-refractivity contribution in [1.82, 2.24) is 0 Å². The largest absolute Gasteiger partial charge is 0.390 e. The standard InChI is InChI=1S/C22H29FO5/c1-19-10-17(27)22(23)14(5-4-12-8-13(25)6-7-20(12,22)2)15(19)9-21(3,28)18(19)16(26)11-24/h6-8,14-15,17-18,24,27-28H,4-5,9-11H2,1-3H3/t14-,15-,17?,18+,19-,20-,21?,22-/m0/s1. The summed E-state index contributed by atoms with van der Waals surface area (Å²) in [4.78, 5) is 24.4. The van der Waals surface area contributed by atoms with Crippen LogP contribution in [0.15, 0.2) is 23.8 Å². The van der Waals surface area contributed by atoms with Crippen LogP contribution in [0.1, 0.15) is 46.5 Å². The van der Waals surface area contributed by atoms with Gasteiger partial charge in [0.05, 0.1) is 17.6 Å². The Morgan fingerprint density at radius 2 is 1.93 bits per heavy atom. The first-order valence-corrected chi connectivity index (χ1v) is 10.1. The Kier molecular flexibility index (Phi) is 4.15. The molecular formula is C22H29FO5. The fraction of sp³-hybridized carbons (Fsp3) is 0.727. The minimum atomic E-state index is -1.98. The maximum absolute atomic E-state index is 16.9. The van der Waals surface area contributed by atoms with Crippen molar-refractivity contribution in [3.05, 3.63) is 23.8 Å². The predicted molar refractivity (Wildman–Crippen MR) is 99.9 cm³/mol. The summed E-state index contributed by atoms with van der Waals surface area (Å²) in [5.41, 5.74) is -4.52. The number of aliphatic hydroxyl groups excluding tert-OH is 2. The molecule has 0 radical (unpaired) electrons. The molecule has 154 valence electrons. The van der Waals surface area contributed by atoms with Gasteiger partial charge in [0, 0.05) is 11.3 Å². The molecule has 28 heavy (non-hydrogen) atoms. The zero-order valence-electron chi connectivity index (χ0n) is 16.6. The molecule has 4 aliphatic carbocycles. The minimum Gasteiger partial charge on any atom is -0.390 e. The number of alkyl halides is 1. The maximum atomic E-state index is 16.9. The monoisotopic (exact) mass is 392 g/mol. The van der Waals surface area contributed by atoms with Crippen LogP contribution in [0.4, 0.5) is 4.39 Å². The number of hydrogen-bond acceptors (Lipinski definition) is 5. The lowest BCUT2D eigenvalue weighted by atomic mass is 9.45. The molecule has 0 spiro atoms. The van der Waals surface area contributed by atoms with Crippen molar-refractivity contribution in [2.75, 3.05) is 6.61 Å². The fourth-order valence-electron chi connectivity index (χ4n) is 7.39. The van der Waals surface area contributed by atoms with E-state index < -0.39 is 52.4 Å². The number of Topliss-reactive ketones (excluding diaryl/α,β-unsaturated/α-hetero) is 1. The molecule has 4 aliphatic rings. The third-order valence-corrected chi connectivity index (χ3v) is 8.47. The Hall–Kier alpha value is -1.37. The lowest BCUT2D eigenvalue weighted by Crippen LogP contribution is -2.66. The molecule has 8 atom stereocenters. The summed E-state index contributed by atoms with van der Waals surface area (Å²) in [6, 6.07) is 0. The topological polar surface area (TPSA) is 94.8 Å². The minimum absolute atomic E-state index is 0.0296. The lowest BCUT2D eigenvalue weighted by Gasteiger charge is -2.61. The molecule has 0 aromatic carbocycles. The van der Waals surface area contributed by atoms with Gasteiger partial charge in [0.15, 0.2) is 17.2 Å². The highest BCUT2D eigenvalue weighted by atomic mass is 19.1. The zero-order chi connectivity index (χ0) is 20.7. The van der Waals surface area contributed by atoms with Gasteiger partial charge in [0.25, 0.3) is 0 Å². The van der Waals surface area contributed by atoms with Gasteiger partial charge in [-0.3, -0.25) is 9.59 Å². The van der Waals surface area contributed by atoms with E-state index in [1.807, 2.05) is 6.92 Å². The fourth-order valence-corrected chi connectivity index (χ4v) is 7.39. The quantitative estimate of drug-likeness (QED) is 0.667. The van der Waals surface area contributed by atoms with E-state index in [9.17, 15) is 24.9 Å². The summed E-state index contributed by atoms with van der Waals surface area (Å²) in [6.45, 7) is 4.48. The van der Waals surface area contributed by atoms with Crippen molar-refractivity contribution in [1.29, 1.82) is 0 Å². The number of fused-ring (bicyclic) bond motifs is 5. The highest BCUT2D eigenvalue weighted by Gasteiger charge is 2.73. The molecule has 2 unspecified atom stereocenters. The third kappa shape index (κ3) is 2.22. The van der Waals surface area contributed by atoms with E-state index >= 15 is 4.39 Å². The van der Waals surface area contributed by atoms with Gasteiger partial charge >= 0.3 is 0 Å². The molecule has 3 saturated carbocycles. The van der Waals surface area contributed by atoms with Gasteiger partial charge in [-0.25, -0.2) is 4.39 Å². The van der Waals surface area contributed by atoms with Crippen LogP contribution >= 0.6 is 0 Å². The molecule has 4 rings (SSSR count). The Balaban J connectivity index is 1.83. The first kappa shape index (κ1) is 19.9. The van der Waals surface area contributed by atoms with E-state index in [-0.39, 0.29) is 24.5 Å². The van der Waals surface area contributed by atoms with Crippen LogP contribution < -0.4 is 0 Å². The summed E-state index contributed by atoms with van der Waals surface area (Å²) >= 11 is 0. The molecule has 0 aromatic rings. The normalized spacial score (nSPS) is 52.5. The Bertz CT molecular complexity index is 801. The van der Waals surface area contributed by atoms with Crippen LogP contribution in [0.3, 0.4) is 0 Å². The predicted octanol–water partition coefficient (Wildman–Crippen LogP) is 1.90. The van der Waals surface area contributed by atoms with Crippen molar-refractivity contribution in [3.8, 4) is 0 Å². The van der Waals surface area contributed by atoms with Crippen LogP contribution in [0.25, 0.3) is 0 Å². The van der Waals surface area contributed by atoms with E-state index in [1.54, 1.807) is 19.9 Å². The van der Waals surface area contributed by atoms with Gasteiger partial charge in [-0.2, -0.15) is 0 Å². The molecule has 3 fully saturated rings. The second-order valence-electron chi connectivity index (χ2n) is 9.97. The van der Waals surface area contributed by atoms with E-state index in [2.05, 4.69) is 0 Å². The second-order valence-corrected chi connectivity index (χ2v) is 9.97. The highest BCUT2D eigenvalue weighted by molar-refractivity contribution is 6.01. The maximum Gasteiger partial charge on any atom is 0.178 e. The van der Waals surface area contributed by atoms with Gasteiger partial charge in [0.1, 0.15) is 6.61 Å². The average molecular weight is 392 g/mol. The van der Waals surface area contributed by atoms with Gasteiger partial charge in [0.2, 0.25) is 0 Å². The summed E-state index contributed by atoms with van der Waals surface area (Å²) in [7, 11) is 0. The molecule has 0 amide bonds. The number of allylic oxidation sites excluding steroid dienone is 4. The van der Waals surface area contributed by atoms with Gasteiger partial charge in [-0.05, 0) is 63.0 Å². The van der Waals surface area contributed by atoms with Crippen molar-refractivity contribution in [2.24, 2.45) is 28.6 Å². The van der Waals surface area contributed by atoms with Gasteiger partial charge in [-0.15, -0.1) is 0 Å². The third-order valence-electron chi connectivity index (χ3n) is 8.47. The lowest BCUT2D eigenvalue weighted by molar-refractivity contribution is -0.196. The highest BCUT2D eigenvalue weighted by Crippen LogP contribution is 2.70. The molecule has 0 aliphatic heterocycles. The average Bonchev–Trinajstić information content (AvgIpc) is 2.81. The van der Waals surface area contributed by atoms with Crippen LogP contribution in [0.2, 0.25) is 0 Å². The number of aliphatic hydroxyl groups is 3. The number of halogens is 1. The van der Waals surface area contributed by atoms with Crippen LogP contribution in [0, 0.1) is 28.6 Å². The first-order chi connectivity index (χ1) is 12.9. The molecule has 0 saturated heterocycles. The van der Waals surface area contributed by atoms with Crippen LogP contribution in [-0.2, 0) is 9.59 Å². The van der Waals surface area contributed by atoms with Crippen molar-refractivity contribution in [3.63, 3.8) is 0 Å². The molecular weight excluding hydrogens is 363 g/mol. The molecule has 0 bridgehead atoms. The molecule has 0 heterocycles. The molecule has 6 heteroatoms. The number of rotatable bonds is 2. The van der Waals surface area contributed by atoms with Crippen molar-refractivity contribution in [2.45, 2.75) is 63.8 Å². The van der Waals surface area contributed by atoms with Crippen LogP contribution in [-0.4, -0.2) is 50.9 Å². The van der Waals surface area contributed by atoms with Crippen molar-refractivity contribution >= 4 is 11.6 Å². The molecule has 3 N–H and O–H groups in total. The van der Waals surface area contributed by atoms with Gasteiger partial charge in [-0.1, -0.05) is 18.6 Å². The van der Waals surface area contributed by atoms with Gasteiger partial charge < -0.3 is 15.3 Å². The summed E-state index contributed by atoms with van der Waals surface area (Å²) < 4.78 is 16.9. The Morgan fingerprint density at radius 3 is 2.57 bits per heavy atom. The van der Waals surface area contributed by atoms with E-state index in [1.165, 1.54) is 12.2 Å². The van der Waals surface area contributed by atoms with Crippen molar-refractivity contribution < 1.29 is 29.3 Å². The Labute approximate surface area is 164 Å².